The summed E-state index contributed by atoms with van der Waals surface area (Å²) in [6.07, 6.45) is 2.57. The van der Waals surface area contributed by atoms with Crippen LogP contribution in [0.15, 0.2) is 36.5 Å². The molecule has 1 aromatic carbocycles. The minimum Gasteiger partial charge on any atom is -0.324 e. The fraction of sp³-hybridized carbons (Fsp3) is 0.278. The molecule has 0 aliphatic carbocycles. The van der Waals surface area contributed by atoms with Crippen LogP contribution in [0, 0.1) is 5.82 Å². The molecule has 134 valence electrons. The molecule has 1 atom stereocenters. The Bertz CT molecular complexity index is 989. The predicted octanol–water partition coefficient (Wildman–Crippen LogP) is 3.78. The Kier molecular flexibility index (Phi) is 4.24. The second-order valence-corrected chi connectivity index (χ2v) is 6.77. The van der Waals surface area contributed by atoms with E-state index in [1.165, 1.54) is 18.2 Å². The van der Waals surface area contributed by atoms with E-state index in [2.05, 4.69) is 15.3 Å². The van der Waals surface area contributed by atoms with Crippen molar-refractivity contribution in [2.24, 2.45) is 7.05 Å². The number of carbonyl (C=O) groups is 1. The zero-order chi connectivity index (χ0) is 18.3. The second-order valence-electron chi connectivity index (χ2n) is 6.37. The zero-order valence-electron chi connectivity index (χ0n) is 14.1. The lowest BCUT2D eigenvalue weighted by Gasteiger charge is -2.17. The minimum absolute atomic E-state index is 0.0192. The van der Waals surface area contributed by atoms with Crippen LogP contribution in [0.1, 0.15) is 18.2 Å². The summed E-state index contributed by atoms with van der Waals surface area (Å²) in [6.45, 7) is 1.19. The number of nitrogens with zero attached hydrogens (tertiary/aromatic N) is 4. The van der Waals surface area contributed by atoms with Crippen LogP contribution in [0.2, 0.25) is 5.02 Å². The molecule has 1 saturated heterocycles. The Hall–Kier alpha value is -2.67. The third kappa shape index (κ3) is 2.99. The molecule has 0 unspecified atom stereocenters. The number of likely N-dealkylation sites (tertiary alicyclic amines) is 1. The highest BCUT2D eigenvalue weighted by Crippen LogP contribution is 2.29. The molecule has 2 aromatic heterocycles. The summed E-state index contributed by atoms with van der Waals surface area (Å²) in [5.41, 5.74) is 2.16. The number of urea groups is 1. The molecule has 0 radical (unpaired) electrons. The summed E-state index contributed by atoms with van der Waals surface area (Å²) in [4.78, 5) is 23.3. The van der Waals surface area contributed by atoms with Crippen molar-refractivity contribution in [3.63, 3.8) is 0 Å². The van der Waals surface area contributed by atoms with E-state index >= 15 is 0 Å². The van der Waals surface area contributed by atoms with E-state index < -0.39 is 5.82 Å². The normalized spacial score (nSPS) is 17.0. The average molecular weight is 374 g/mol. The van der Waals surface area contributed by atoms with Crippen molar-refractivity contribution in [3.05, 3.63) is 53.2 Å². The number of fused-ring (bicyclic) bond motifs is 1. The second kappa shape index (κ2) is 6.57. The van der Waals surface area contributed by atoms with Crippen molar-refractivity contribution in [2.75, 3.05) is 18.4 Å². The van der Waals surface area contributed by atoms with Gasteiger partial charge in [0.1, 0.15) is 17.2 Å². The fourth-order valence-corrected chi connectivity index (χ4v) is 3.52. The molecule has 8 heteroatoms. The molecule has 3 aromatic rings. The van der Waals surface area contributed by atoms with Crippen LogP contribution in [0.3, 0.4) is 0 Å². The van der Waals surface area contributed by atoms with Crippen molar-refractivity contribution in [3.8, 4) is 0 Å². The van der Waals surface area contributed by atoms with Gasteiger partial charge >= 0.3 is 6.03 Å². The van der Waals surface area contributed by atoms with Gasteiger partial charge in [-0.15, -0.1) is 0 Å². The number of anilines is 1. The van der Waals surface area contributed by atoms with Gasteiger partial charge in [-0.3, -0.25) is 0 Å². The summed E-state index contributed by atoms with van der Waals surface area (Å²) in [6, 6.07) is 7.69. The Morgan fingerprint density at radius 1 is 1.38 bits per heavy atom. The zero-order valence-corrected chi connectivity index (χ0v) is 14.9. The van der Waals surface area contributed by atoms with Crippen LogP contribution in [0.4, 0.5) is 14.9 Å². The topological polar surface area (TPSA) is 63.1 Å². The highest BCUT2D eigenvalue weighted by molar-refractivity contribution is 6.31. The van der Waals surface area contributed by atoms with Crippen molar-refractivity contribution in [1.29, 1.82) is 0 Å². The number of pyridine rings is 1. The number of aryl methyl sites for hydroxylation is 1. The number of imidazole rings is 1. The molecule has 1 fully saturated rings. The van der Waals surface area contributed by atoms with Gasteiger partial charge in [0.05, 0.1) is 5.02 Å². The Morgan fingerprint density at radius 3 is 3.00 bits per heavy atom. The predicted molar refractivity (Wildman–Crippen MR) is 97.9 cm³/mol. The van der Waals surface area contributed by atoms with Crippen LogP contribution in [0.5, 0.6) is 0 Å². The molecule has 3 heterocycles. The van der Waals surface area contributed by atoms with Crippen molar-refractivity contribution < 1.29 is 9.18 Å². The SMILES string of the molecule is Cn1c([C@H]2CCN(C(=O)Nc3ccc(F)c(Cl)c3)C2)nc2cccnc21. The monoisotopic (exact) mass is 373 g/mol. The number of rotatable bonds is 2. The van der Waals surface area contributed by atoms with Gasteiger partial charge in [-0.1, -0.05) is 11.6 Å². The van der Waals surface area contributed by atoms with Gasteiger partial charge in [0, 0.05) is 37.9 Å². The van der Waals surface area contributed by atoms with E-state index in [0.29, 0.717) is 18.8 Å². The fourth-order valence-electron chi connectivity index (χ4n) is 3.34. The van der Waals surface area contributed by atoms with Crippen LogP contribution < -0.4 is 5.32 Å². The first kappa shape index (κ1) is 16.8. The highest BCUT2D eigenvalue weighted by Gasteiger charge is 2.30. The lowest BCUT2D eigenvalue weighted by molar-refractivity contribution is 0.222. The first-order chi connectivity index (χ1) is 12.5. The van der Waals surface area contributed by atoms with Crippen molar-refractivity contribution in [2.45, 2.75) is 12.3 Å². The van der Waals surface area contributed by atoms with Gasteiger partial charge < -0.3 is 14.8 Å². The number of amides is 2. The van der Waals surface area contributed by atoms with E-state index in [1.807, 2.05) is 23.7 Å². The quantitative estimate of drug-likeness (QED) is 0.743. The van der Waals surface area contributed by atoms with E-state index in [9.17, 15) is 9.18 Å². The van der Waals surface area contributed by atoms with Gasteiger partial charge in [-0.2, -0.15) is 0 Å². The highest BCUT2D eigenvalue weighted by atomic mass is 35.5. The summed E-state index contributed by atoms with van der Waals surface area (Å²) in [5, 5.41) is 2.74. The van der Waals surface area contributed by atoms with Crippen LogP contribution in [0.25, 0.3) is 11.2 Å². The van der Waals surface area contributed by atoms with Gasteiger partial charge in [0.15, 0.2) is 5.65 Å². The summed E-state index contributed by atoms with van der Waals surface area (Å²) < 4.78 is 15.2. The molecular formula is C18H17ClFN5O. The molecule has 1 N–H and O–H groups in total. The number of benzene rings is 1. The standard InChI is InChI=1S/C18H17ClFN5O/c1-24-16(23-15-3-2-7-21-17(15)24)11-6-8-25(10-11)18(26)22-12-4-5-14(20)13(19)9-12/h2-5,7,9,11H,6,8,10H2,1H3,(H,22,26)/t11-/m0/s1. The number of nitrogens with one attached hydrogen (secondary N) is 1. The first-order valence-electron chi connectivity index (χ1n) is 8.31. The third-order valence-corrected chi connectivity index (χ3v) is 4.96. The number of aromatic nitrogens is 3. The number of hydrogen-bond donors (Lipinski definition) is 1. The van der Waals surface area contributed by atoms with Gasteiger partial charge in [-0.25, -0.2) is 19.2 Å². The molecule has 2 amide bonds. The maximum absolute atomic E-state index is 13.2. The van der Waals surface area contributed by atoms with Gasteiger partial charge in [0.25, 0.3) is 0 Å². The Balaban J connectivity index is 1.48. The van der Waals surface area contributed by atoms with Crippen LogP contribution in [-0.4, -0.2) is 38.6 Å². The molecule has 0 bridgehead atoms. The van der Waals surface area contributed by atoms with Gasteiger partial charge in [-0.05, 0) is 36.8 Å². The molecule has 0 spiro atoms. The van der Waals surface area contributed by atoms with E-state index in [0.717, 1.165) is 23.4 Å². The molecular weight excluding hydrogens is 357 g/mol. The molecule has 1 aliphatic rings. The van der Waals surface area contributed by atoms with E-state index in [4.69, 9.17) is 11.6 Å². The van der Waals surface area contributed by atoms with Gasteiger partial charge in [0.2, 0.25) is 0 Å². The Labute approximate surface area is 154 Å². The average Bonchev–Trinajstić information content (AvgIpc) is 3.24. The lowest BCUT2D eigenvalue weighted by Crippen LogP contribution is -2.33. The molecule has 4 rings (SSSR count). The third-order valence-electron chi connectivity index (χ3n) is 4.67. The first-order valence-corrected chi connectivity index (χ1v) is 8.69. The maximum Gasteiger partial charge on any atom is 0.321 e. The molecule has 6 nitrogen and oxygen atoms in total. The van der Waals surface area contributed by atoms with E-state index in [1.54, 1.807) is 11.1 Å². The summed E-state index contributed by atoms with van der Waals surface area (Å²) in [7, 11) is 1.95. The van der Waals surface area contributed by atoms with Crippen LogP contribution in [-0.2, 0) is 7.05 Å². The molecule has 0 saturated carbocycles. The number of carbonyl (C=O) groups excluding carboxylic acids is 1. The number of halogens is 2. The lowest BCUT2D eigenvalue weighted by atomic mass is 10.1. The largest absolute Gasteiger partial charge is 0.324 e. The minimum atomic E-state index is -0.513. The summed E-state index contributed by atoms with van der Waals surface area (Å²) >= 11 is 5.76. The smallest absolute Gasteiger partial charge is 0.321 e. The Morgan fingerprint density at radius 2 is 2.23 bits per heavy atom. The number of hydrogen-bond acceptors (Lipinski definition) is 3. The van der Waals surface area contributed by atoms with E-state index in [-0.39, 0.29) is 17.0 Å². The van der Waals surface area contributed by atoms with Crippen molar-refractivity contribution in [1.82, 2.24) is 19.4 Å². The maximum atomic E-state index is 13.2. The van der Waals surface area contributed by atoms with Crippen molar-refractivity contribution >= 4 is 34.5 Å². The summed E-state index contributed by atoms with van der Waals surface area (Å²) in [5.74, 6) is 0.567. The molecule has 26 heavy (non-hydrogen) atoms. The molecule has 1 aliphatic heterocycles. The van der Waals surface area contributed by atoms with Crippen LogP contribution >= 0.6 is 11.6 Å².